The molecule has 0 aliphatic heterocycles. The Morgan fingerprint density at radius 2 is 1.72 bits per heavy atom. The van der Waals surface area contributed by atoms with Gasteiger partial charge >= 0.3 is 0 Å². The molecule has 0 aliphatic carbocycles. The smallest absolute Gasteiger partial charge is 0.0118 e. The van der Waals surface area contributed by atoms with Crippen molar-refractivity contribution in [3.63, 3.8) is 0 Å². The van der Waals surface area contributed by atoms with E-state index in [0.717, 1.165) is 18.5 Å². The SMILES string of the molecule is CC/C=C(/N)Cc1cccc(-c2ccccc2)c1. The monoisotopic (exact) mass is 237 g/mol. The van der Waals surface area contributed by atoms with Crippen molar-refractivity contribution >= 4 is 0 Å². The molecule has 92 valence electrons. The van der Waals surface area contributed by atoms with Gasteiger partial charge in [0.1, 0.15) is 0 Å². The molecule has 0 fully saturated rings. The summed E-state index contributed by atoms with van der Waals surface area (Å²) in [4.78, 5) is 0. The maximum Gasteiger partial charge on any atom is 0.0118 e. The van der Waals surface area contributed by atoms with Crippen molar-refractivity contribution in [2.24, 2.45) is 5.73 Å². The Balaban J connectivity index is 2.23. The molecule has 0 radical (unpaired) electrons. The lowest BCUT2D eigenvalue weighted by Gasteiger charge is -2.06. The summed E-state index contributed by atoms with van der Waals surface area (Å²) in [6.07, 6.45) is 3.90. The summed E-state index contributed by atoms with van der Waals surface area (Å²) in [5.74, 6) is 0. The fourth-order valence-corrected chi connectivity index (χ4v) is 2.06. The van der Waals surface area contributed by atoms with Gasteiger partial charge in [-0.1, -0.05) is 67.6 Å². The molecule has 0 atom stereocenters. The molecule has 1 heteroatoms. The van der Waals surface area contributed by atoms with E-state index in [2.05, 4.69) is 61.5 Å². The Morgan fingerprint density at radius 1 is 1.00 bits per heavy atom. The van der Waals surface area contributed by atoms with Gasteiger partial charge < -0.3 is 5.73 Å². The van der Waals surface area contributed by atoms with Crippen molar-refractivity contribution in [3.05, 3.63) is 71.9 Å². The molecule has 2 aromatic carbocycles. The number of hydrogen-bond acceptors (Lipinski definition) is 1. The molecule has 2 aromatic rings. The van der Waals surface area contributed by atoms with Gasteiger partial charge in [-0.3, -0.25) is 0 Å². The first-order valence-electron chi connectivity index (χ1n) is 6.38. The minimum atomic E-state index is 0.828. The van der Waals surface area contributed by atoms with Crippen LogP contribution in [0.5, 0.6) is 0 Å². The third kappa shape index (κ3) is 3.24. The van der Waals surface area contributed by atoms with Gasteiger partial charge in [-0.15, -0.1) is 0 Å². The molecule has 0 saturated carbocycles. The highest BCUT2D eigenvalue weighted by Crippen LogP contribution is 2.20. The van der Waals surface area contributed by atoms with Gasteiger partial charge in [-0.25, -0.2) is 0 Å². The first-order valence-corrected chi connectivity index (χ1v) is 6.38. The molecule has 2 rings (SSSR count). The third-order valence-electron chi connectivity index (χ3n) is 2.91. The Hall–Kier alpha value is -2.02. The van der Waals surface area contributed by atoms with Crippen LogP contribution in [-0.2, 0) is 6.42 Å². The average Bonchev–Trinajstić information content (AvgIpc) is 2.40. The van der Waals surface area contributed by atoms with Gasteiger partial charge in [0.2, 0.25) is 0 Å². The molecular formula is C17H19N. The number of nitrogens with two attached hydrogens (primary N) is 1. The van der Waals surface area contributed by atoms with Crippen LogP contribution in [0.1, 0.15) is 18.9 Å². The van der Waals surface area contributed by atoms with Crippen molar-refractivity contribution in [2.75, 3.05) is 0 Å². The Labute approximate surface area is 109 Å². The second-order valence-electron chi connectivity index (χ2n) is 4.43. The van der Waals surface area contributed by atoms with Crippen LogP contribution in [0.25, 0.3) is 11.1 Å². The molecule has 0 spiro atoms. The van der Waals surface area contributed by atoms with Crippen LogP contribution in [0.2, 0.25) is 0 Å². The minimum Gasteiger partial charge on any atom is -0.402 e. The van der Waals surface area contributed by atoms with Gasteiger partial charge in [-0.05, 0) is 23.1 Å². The predicted molar refractivity (Wildman–Crippen MR) is 78.1 cm³/mol. The van der Waals surface area contributed by atoms with Gasteiger partial charge in [0.25, 0.3) is 0 Å². The molecule has 0 bridgehead atoms. The Kier molecular flexibility index (Phi) is 4.19. The number of rotatable bonds is 4. The summed E-state index contributed by atoms with van der Waals surface area (Å²) in [7, 11) is 0. The predicted octanol–water partition coefficient (Wildman–Crippen LogP) is 4.15. The van der Waals surface area contributed by atoms with Crippen LogP contribution in [0.3, 0.4) is 0 Å². The third-order valence-corrected chi connectivity index (χ3v) is 2.91. The lowest BCUT2D eigenvalue weighted by atomic mass is 10.0. The number of hydrogen-bond donors (Lipinski definition) is 1. The van der Waals surface area contributed by atoms with E-state index in [1.54, 1.807) is 0 Å². The van der Waals surface area contributed by atoms with E-state index in [9.17, 15) is 0 Å². The second-order valence-corrected chi connectivity index (χ2v) is 4.43. The molecule has 18 heavy (non-hydrogen) atoms. The maximum absolute atomic E-state index is 5.97. The van der Waals surface area contributed by atoms with Crippen molar-refractivity contribution in [1.82, 2.24) is 0 Å². The lowest BCUT2D eigenvalue weighted by molar-refractivity contribution is 1.06. The maximum atomic E-state index is 5.97. The normalized spacial score (nSPS) is 11.5. The minimum absolute atomic E-state index is 0.828. The molecule has 0 unspecified atom stereocenters. The van der Waals surface area contributed by atoms with Gasteiger partial charge in [0.15, 0.2) is 0 Å². The van der Waals surface area contributed by atoms with E-state index in [4.69, 9.17) is 5.73 Å². The highest BCUT2D eigenvalue weighted by molar-refractivity contribution is 5.64. The van der Waals surface area contributed by atoms with Crippen molar-refractivity contribution in [3.8, 4) is 11.1 Å². The Morgan fingerprint density at radius 3 is 2.44 bits per heavy atom. The van der Waals surface area contributed by atoms with Crippen LogP contribution in [0.15, 0.2) is 66.4 Å². The van der Waals surface area contributed by atoms with Crippen molar-refractivity contribution in [1.29, 1.82) is 0 Å². The van der Waals surface area contributed by atoms with Gasteiger partial charge in [0, 0.05) is 12.1 Å². The Bertz CT molecular complexity index is 526. The zero-order valence-corrected chi connectivity index (χ0v) is 10.8. The summed E-state index contributed by atoms with van der Waals surface area (Å²) >= 11 is 0. The zero-order chi connectivity index (χ0) is 12.8. The fraction of sp³-hybridized carbons (Fsp3) is 0.176. The first kappa shape index (κ1) is 12.4. The van der Waals surface area contributed by atoms with E-state index in [1.807, 2.05) is 6.07 Å². The molecule has 0 saturated heterocycles. The van der Waals surface area contributed by atoms with E-state index >= 15 is 0 Å². The summed E-state index contributed by atoms with van der Waals surface area (Å²) in [5, 5.41) is 0. The highest BCUT2D eigenvalue weighted by atomic mass is 14.6. The summed E-state index contributed by atoms with van der Waals surface area (Å²) in [6.45, 7) is 2.10. The first-order chi connectivity index (χ1) is 8.79. The average molecular weight is 237 g/mol. The van der Waals surface area contributed by atoms with E-state index in [-0.39, 0.29) is 0 Å². The topological polar surface area (TPSA) is 26.0 Å². The second kappa shape index (κ2) is 6.06. The van der Waals surface area contributed by atoms with Crippen LogP contribution < -0.4 is 5.73 Å². The molecular weight excluding hydrogens is 218 g/mol. The van der Waals surface area contributed by atoms with E-state index < -0.39 is 0 Å². The van der Waals surface area contributed by atoms with Gasteiger partial charge in [0.05, 0.1) is 0 Å². The van der Waals surface area contributed by atoms with E-state index in [0.29, 0.717) is 0 Å². The highest BCUT2D eigenvalue weighted by Gasteiger charge is 1.99. The lowest BCUT2D eigenvalue weighted by Crippen LogP contribution is -2.01. The van der Waals surface area contributed by atoms with Crippen LogP contribution in [0, 0.1) is 0 Å². The molecule has 2 N–H and O–H groups in total. The van der Waals surface area contributed by atoms with Crippen LogP contribution in [0.4, 0.5) is 0 Å². The van der Waals surface area contributed by atoms with E-state index in [1.165, 1.54) is 16.7 Å². The molecule has 0 heterocycles. The quantitative estimate of drug-likeness (QED) is 0.849. The van der Waals surface area contributed by atoms with Crippen molar-refractivity contribution < 1.29 is 0 Å². The summed E-state index contributed by atoms with van der Waals surface area (Å²) < 4.78 is 0. The van der Waals surface area contributed by atoms with Crippen LogP contribution >= 0.6 is 0 Å². The van der Waals surface area contributed by atoms with Gasteiger partial charge in [-0.2, -0.15) is 0 Å². The number of benzene rings is 2. The largest absolute Gasteiger partial charge is 0.402 e. The molecule has 0 amide bonds. The van der Waals surface area contributed by atoms with Crippen molar-refractivity contribution in [2.45, 2.75) is 19.8 Å². The zero-order valence-electron chi connectivity index (χ0n) is 10.8. The standard InChI is InChI=1S/C17H19N/c1-2-7-17(18)13-14-8-6-11-16(12-14)15-9-4-3-5-10-15/h3-12H,2,13,18H2,1H3/b17-7+. The fourth-order valence-electron chi connectivity index (χ4n) is 2.06. The van der Waals surface area contributed by atoms with Crippen LogP contribution in [-0.4, -0.2) is 0 Å². The molecule has 0 aromatic heterocycles. The molecule has 1 nitrogen and oxygen atoms in total. The number of allylic oxidation sites excluding steroid dienone is 2. The summed E-state index contributed by atoms with van der Waals surface area (Å²) in [5.41, 5.74) is 10.7. The molecule has 0 aliphatic rings. The summed E-state index contributed by atoms with van der Waals surface area (Å²) in [6, 6.07) is 19.0.